The molecule has 13 heavy (non-hydrogen) atoms. The van der Waals surface area contributed by atoms with Crippen molar-refractivity contribution in [3.63, 3.8) is 0 Å². The highest BCUT2D eigenvalue weighted by Crippen LogP contribution is 2.23. The van der Waals surface area contributed by atoms with Gasteiger partial charge in [0.15, 0.2) is 0 Å². The monoisotopic (exact) mass is 221 g/mol. The van der Waals surface area contributed by atoms with Crippen molar-refractivity contribution >= 4 is 29.3 Å². The minimum Gasteiger partial charge on any atom is -0.352 e. The second-order valence-corrected chi connectivity index (χ2v) is 5.07. The van der Waals surface area contributed by atoms with Gasteiger partial charge in [0, 0.05) is 23.6 Å². The molecule has 1 fully saturated rings. The Morgan fingerprint density at radius 3 is 2.85 bits per heavy atom. The third-order valence-electron chi connectivity index (χ3n) is 2.37. The molecular weight excluding hydrogens is 206 g/mol. The highest BCUT2D eigenvalue weighted by Gasteiger charge is 2.26. The van der Waals surface area contributed by atoms with Crippen molar-refractivity contribution in [3.8, 4) is 0 Å². The topological polar surface area (TPSA) is 29.1 Å². The second kappa shape index (κ2) is 5.11. The lowest BCUT2D eigenvalue weighted by Gasteiger charge is -2.18. The van der Waals surface area contributed by atoms with E-state index in [0.29, 0.717) is 17.8 Å². The molecule has 0 aromatic heterocycles. The molecular formula is C9H16ClNOS. The lowest BCUT2D eigenvalue weighted by molar-refractivity contribution is -0.124. The third kappa shape index (κ3) is 3.06. The number of carbonyl (C=O) groups is 1. The Morgan fingerprint density at radius 1 is 1.69 bits per heavy atom. The van der Waals surface area contributed by atoms with Crippen LogP contribution in [0.4, 0.5) is 0 Å². The summed E-state index contributed by atoms with van der Waals surface area (Å²) in [6, 6.07) is 0.350. The van der Waals surface area contributed by atoms with Crippen LogP contribution in [-0.2, 0) is 4.79 Å². The van der Waals surface area contributed by atoms with Crippen molar-refractivity contribution in [2.45, 2.75) is 19.9 Å². The summed E-state index contributed by atoms with van der Waals surface area (Å²) in [5, 5.41) is 3.04. The summed E-state index contributed by atoms with van der Waals surface area (Å²) in [6.45, 7) is 4.03. The molecule has 0 spiro atoms. The van der Waals surface area contributed by atoms with Gasteiger partial charge in [0.05, 0.1) is 0 Å². The number of alkyl halides is 1. The zero-order chi connectivity index (χ0) is 9.84. The van der Waals surface area contributed by atoms with E-state index in [0.717, 1.165) is 11.5 Å². The predicted octanol–water partition coefficient (Wildman–Crippen LogP) is 1.73. The quantitative estimate of drug-likeness (QED) is 0.736. The Morgan fingerprint density at radius 2 is 2.38 bits per heavy atom. The van der Waals surface area contributed by atoms with Crippen molar-refractivity contribution in [1.29, 1.82) is 0 Å². The third-order valence-corrected chi connectivity index (χ3v) is 4.19. The number of amides is 1. The summed E-state index contributed by atoms with van der Waals surface area (Å²) in [4.78, 5) is 11.5. The summed E-state index contributed by atoms with van der Waals surface area (Å²) in [5.74, 6) is 3.22. The van der Waals surface area contributed by atoms with Gasteiger partial charge in [-0.05, 0) is 11.7 Å². The molecule has 0 aromatic carbocycles. The molecule has 0 radical (unpaired) electrons. The van der Waals surface area contributed by atoms with Crippen LogP contribution in [0.5, 0.6) is 0 Å². The van der Waals surface area contributed by atoms with Crippen LogP contribution < -0.4 is 5.32 Å². The molecule has 3 unspecified atom stereocenters. The van der Waals surface area contributed by atoms with Crippen LogP contribution in [0, 0.1) is 11.8 Å². The van der Waals surface area contributed by atoms with Crippen LogP contribution >= 0.6 is 23.4 Å². The van der Waals surface area contributed by atoms with E-state index in [1.165, 1.54) is 0 Å². The van der Waals surface area contributed by atoms with Gasteiger partial charge in [0.2, 0.25) is 5.91 Å². The Bertz CT molecular complexity index is 188. The van der Waals surface area contributed by atoms with E-state index in [2.05, 4.69) is 12.2 Å². The number of hydrogen-bond donors (Lipinski definition) is 1. The van der Waals surface area contributed by atoms with Crippen molar-refractivity contribution in [2.24, 2.45) is 11.8 Å². The lowest BCUT2D eigenvalue weighted by atomic mass is 10.1. The zero-order valence-electron chi connectivity index (χ0n) is 8.05. The van der Waals surface area contributed by atoms with Gasteiger partial charge in [-0.15, -0.1) is 11.6 Å². The van der Waals surface area contributed by atoms with Gasteiger partial charge in [0.25, 0.3) is 0 Å². The summed E-state index contributed by atoms with van der Waals surface area (Å²) in [6.07, 6.45) is 0. The molecule has 76 valence electrons. The maximum atomic E-state index is 11.5. The van der Waals surface area contributed by atoms with Crippen LogP contribution in [0.3, 0.4) is 0 Å². The van der Waals surface area contributed by atoms with Crippen LogP contribution in [-0.4, -0.2) is 29.3 Å². The van der Waals surface area contributed by atoms with Crippen LogP contribution in [0.2, 0.25) is 0 Å². The number of hydrogen-bond acceptors (Lipinski definition) is 2. The first-order chi connectivity index (χ1) is 6.15. The standard InChI is InChI=1S/C9H16ClNOS/c1-6(3-10)9(12)11-8-5-13-4-7(8)2/h6-8H,3-5H2,1-2H3,(H,11,12). The van der Waals surface area contributed by atoms with E-state index in [4.69, 9.17) is 11.6 Å². The Hall–Kier alpha value is 0.110. The number of thioether (sulfide) groups is 1. The lowest BCUT2D eigenvalue weighted by Crippen LogP contribution is -2.41. The molecule has 4 heteroatoms. The molecule has 3 atom stereocenters. The van der Waals surface area contributed by atoms with Gasteiger partial charge in [0.1, 0.15) is 0 Å². The SMILES string of the molecule is CC(CCl)C(=O)NC1CSCC1C. The van der Waals surface area contributed by atoms with Crippen molar-refractivity contribution in [2.75, 3.05) is 17.4 Å². The normalized spacial score (nSPS) is 30.1. The summed E-state index contributed by atoms with van der Waals surface area (Å²) < 4.78 is 0. The smallest absolute Gasteiger partial charge is 0.224 e. The highest BCUT2D eigenvalue weighted by atomic mass is 35.5. The minimum atomic E-state index is -0.0699. The first-order valence-corrected chi connectivity index (χ1v) is 6.28. The fourth-order valence-corrected chi connectivity index (χ4v) is 2.79. The molecule has 1 N–H and O–H groups in total. The van der Waals surface area contributed by atoms with E-state index in [-0.39, 0.29) is 11.8 Å². The molecule has 1 aliphatic rings. The fraction of sp³-hybridized carbons (Fsp3) is 0.889. The molecule has 1 amide bonds. The van der Waals surface area contributed by atoms with Crippen molar-refractivity contribution in [3.05, 3.63) is 0 Å². The molecule has 1 aliphatic heterocycles. The second-order valence-electron chi connectivity index (χ2n) is 3.69. The van der Waals surface area contributed by atoms with Crippen LogP contribution in [0.15, 0.2) is 0 Å². The first-order valence-electron chi connectivity index (χ1n) is 4.59. The first kappa shape index (κ1) is 11.2. The van der Waals surface area contributed by atoms with E-state index in [9.17, 15) is 4.79 Å². The zero-order valence-corrected chi connectivity index (χ0v) is 9.62. The number of rotatable bonds is 3. The minimum absolute atomic E-state index is 0.0699. The summed E-state index contributed by atoms with van der Waals surface area (Å²) in [7, 11) is 0. The molecule has 0 aliphatic carbocycles. The molecule has 0 saturated carbocycles. The van der Waals surface area contributed by atoms with Gasteiger partial charge < -0.3 is 5.32 Å². The molecule has 0 bridgehead atoms. The number of carbonyl (C=O) groups excluding carboxylic acids is 1. The predicted molar refractivity (Wildman–Crippen MR) is 58.3 cm³/mol. The van der Waals surface area contributed by atoms with Crippen LogP contribution in [0.1, 0.15) is 13.8 Å². The molecule has 1 rings (SSSR count). The van der Waals surface area contributed by atoms with Gasteiger partial charge in [-0.25, -0.2) is 0 Å². The van der Waals surface area contributed by atoms with Gasteiger partial charge >= 0.3 is 0 Å². The fourth-order valence-electron chi connectivity index (χ4n) is 1.24. The van der Waals surface area contributed by atoms with Crippen LogP contribution in [0.25, 0.3) is 0 Å². The molecule has 0 aromatic rings. The number of halogens is 1. The van der Waals surface area contributed by atoms with Gasteiger partial charge in [-0.3, -0.25) is 4.79 Å². The van der Waals surface area contributed by atoms with E-state index in [1.807, 2.05) is 18.7 Å². The van der Waals surface area contributed by atoms with Crippen molar-refractivity contribution in [1.82, 2.24) is 5.32 Å². The largest absolute Gasteiger partial charge is 0.352 e. The average molecular weight is 222 g/mol. The maximum Gasteiger partial charge on any atom is 0.224 e. The Balaban J connectivity index is 2.35. The van der Waals surface area contributed by atoms with E-state index in [1.54, 1.807) is 0 Å². The van der Waals surface area contributed by atoms with Gasteiger partial charge in [-0.1, -0.05) is 13.8 Å². The maximum absolute atomic E-state index is 11.5. The molecule has 1 heterocycles. The average Bonchev–Trinajstić information content (AvgIpc) is 2.50. The molecule has 1 saturated heterocycles. The van der Waals surface area contributed by atoms with Gasteiger partial charge in [-0.2, -0.15) is 11.8 Å². The van der Waals surface area contributed by atoms with Crippen molar-refractivity contribution < 1.29 is 4.79 Å². The van der Waals surface area contributed by atoms with E-state index < -0.39 is 0 Å². The Kier molecular flexibility index (Phi) is 4.39. The summed E-state index contributed by atoms with van der Waals surface area (Å²) >= 11 is 7.51. The number of nitrogens with one attached hydrogen (secondary N) is 1. The van der Waals surface area contributed by atoms with E-state index >= 15 is 0 Å². The summed E-state index contributed by atoms with van der Waals surface area (Å²) in [5.41, 5.74) is 0. The Labute approximate surface area is 88.8 Å². The molecule has 2 nitrogen and oxygen atoms in total. The highest BCUT2D eigenvalue weighted by molar-refractivity contribution is 7.99.